The van der Waals surface area contributed by atoms with Crippen molar-refractivity contribution in [2.45, 2.75) is 49.9 Å². The van der Waals surface area contributed by atoms with Gasteiger partial charge < -0.3 is 14.8 Å². The van der Waals surface area contributed by atoms with E-state index in [4.69, 9.17) is 9.47 Å². The zero-order chi connectivity index (χ0) is 14.5. The van der Waals surface area contributed by atoms with Gasteiger partial charge in [-0.3, -0.25) is 0 Å². The number of benzene rings is 1. The Balaban J connectivity index is 1.56. The van der Waals surface area contributed by atoms with E-state index in [9.17, 15) is 0 Å². The highest BCUT2D eigenvalue weighted by Gasteiger charge is 2.20. The van der Waals surface area contributed by atoms with Crippen molar-refractivity contribution >= 4 is 11.8 Å². The summed E-state index contributed by atoms with van der Waals surface area (Å²) >= 11 is 2.02. The fourth-order valence-electron chi connectivity index (χ4n) is 3.12. The molecule has 0 bridgehead atoms. The van der Waals surface area contributed by atoms with Gasteiger partial charge in [-0.2, -0.15) is 11.8 Å². The van der Waals surface area contributed by atoms with Crippen LogP contribution in [0, 0.1) is 0 Å². The van der Waals surface area contributed by atoms with Crippen LogP contribution in [0.3, 0.4) is 0 Å². The van der Waals surface area contributed by atoms with E-state index in [1.807, 2.05) is 17.8 Å². The summed E-state index contributed by atoms with van der Waals surface area (Å²) in [6.07, 6.45) is 8.53. The van der Waals surface area contributed by atoms with E-state index < -0.39 is 0 Å². The number of hydrogen-bond donors (Lipinski definition) is 1. The molecule has 3 rings (SSSR count). The number of thioether (sulfide) groups is 1. The van der Waals surface area contributed by atoms with E-state index in [1.54, 1.807) is 0 Å². The highest BCUT2D eigenvalue weighted by atomic mass is 32.2. The van der Waals surface area contributed by atoms with Crippen molar-refractivity contribution in [3.8, 4) is 11.5 Å². The quantitative estimate of drug-likeness (QED) is 0.920. The third kappa shape index (κ3) is 4.07. The molecule has 0 aromatic heterocycles. The molecule has 1 aliphatic heterocycles. The highest BCUT2D eigenvalue weighted by Crippen LogP contribution is 2.31. The Morgan fingerprint density at radius 2 is 2.00 bits per heavy atom. The molecule has 0 saturated heterocycles. The fourth-order valence-corrected chi connectivity index (χ4v) is 3.95. The first-order chi connectivity index (χ1) is 10.3. The van der Waals surface area contributed by atoms with E-state index in [1.165, 1.54) is 31.2 Å². The first-order valence-corrected chi connectivity index (χ1v) is 9.28. The van der Waals surface area contributed by atoms with Crippen molar-refractivity contribution in [3.63, 3.8) is 0 Å². The molecule has 1 N–H and O–H groups in total. The second-order valence-electron chi connectivity index (χ2n) is 5.93. The van der Waals surface area contributed by atoms with E-state index in [0.717, 1.165) is 42.9 Å². The predicted molar refractivity (Wildman–Crippen MR) is 88.4 cm³/mol. The zero-order valence-electron chi connectivity index (χ0n) is 12.8. The van der Waals surface area contributed by atoms with Crippen molar-refractivity contribution in [2.75, 3.05) is 19.5 Å². The Bertz CT molecular complexity index is 466. The molecular weight excluding hydrogens is 282 g/mol. The van der Waals surface area contributed by atoms with Gasteiger partial charge in [0.25, 0.3) is 0 Å². The topological polar surface area (TPSA) is 30.5 Å². The fraction of sp³-hybridized carbons (Fsp3) is 0.647. The van der Waals surface area contributed by atoms with Crippen molar-refractivity contribution in [2.24, 2.45) is 0 Å². The molecule has 1 aromatic carbocycles. The van der Waals surface area contributed by atoms with Crippen LogP contribution in [0.5, 0.6) is 11.5 Å². The third-order valence-corrected chi connectivity index (χ3v) is 5.46. The molecule has 0 spiro atoms. The summed E-state index contributed by atoms with van der Waals surface area (Å²) < 4.78 is 11.4. The van der Waals surface area contributed by atoms with E-state index in [-0.39, 0.29) is 0 Å². The van der Waals surface area contributed by atoms with Gasteiger partial charge in [0, 0.05) is 24.3 Å². The van der Waals surface area contributed by atoms with Gasteiger partial charge in [0.05, 0.1) is 13.2 Å². The SMILES string of the molecule is CSC1CCCC(NCc2ccc3c(c2)OCCCO3)C1. The minimum Gasteiger partial charge on any atom is -0.490 e. The lowest BCUT2D eigenvalue weighted by atomic mass is 9.95. The first kappa shape index (κ1) is 15.0. The van der Waals surface area contributed by atoms with Crippen molar-refractivity contribution in [1.29, 1.82) is 0 Å². The summed E-state index contributed by atoms with van der Waals surface area (Å²) in [7, 11) is 0. The van der Waals surface area contributed by atoms with Crippen LogP contribution in [0.2, 0.25) is 0 Å². The Labute approximate surface area is 131 Å². The molecule has 1 aliphatic carbocycles. The molecule has 1 fully saturated rings. The minimum absolute atomic E-state index is 0.659. The lowest BCUT2D eigenvalue weighted by Gasteiger charge is -2.28. The molecule has 2 unspecified atom stereocenters. The predicted octanol–water partition coefficient (Wildman–Crippen LogP) is 3.61. The van der Waals surface area contributed by atoms with Gasteiger partial charge in [0.1, 0.15) is 0 Å². The summed E-state index contributed by atoms with van der Waals surface area (Å²) in [5, 5.41) is 4.55. The maximum absolute atomic E-state index is 5.76. The van der Waals surface area contributed by atoms with Crippen LogP contribution in [0.1, 0.15) is 37.7 Å². The Kier molecular flexibility index (Phi) is 5.31. The van der Waals surface area contributed by atoms with Gasteiger partial charge in [-0.1, -0.05) is 12.5 Å². The number of hydrogen-bond acceptors (Lipinski definition) is 4. The lowest BCUT2D eigenvalue weighted by molar-refractivity contribution is 0.297. The van der Waals surface area contributed by atoms with Crippen LogP contribution in [0.4, 0.5) is 0 Å². The maximum atomic E-state index is 5.76. The van der Waals surface area contributed by atoms with E-state index >= 15 is 0 Å². The van der Waals surface area contributed by atoms with Gasteiger partial charge in [0.15, 0.2) is 11.5 Å². The van der Waals surface area contributed by atoms with Crippen LogP contribution < -0.4 is 14.8 Å². The minimum atomic E-state index is 0.659. The molecular formula is C17H25NO2S. The summed E-state index contributed by atoms with van der Waals surface area (Å²) in [6.45, 7) is 2.42. The van der Waals surface area contributed by atoms with Crippen molar-refractivity contribution in [3.05, 3.63) is 23.8 Å². The van der Waals surface area contributed by atoms with Gasteiger partial charge in [-0.05, 0) is 43.2 Å². The molecule has 2 aliphatic rings. The van der Waals surface area contributed by atoms with Gasteiger partial charge >= 0.3 is 0 Å². The van der Waals surface area contributed by atoms with Crippen molar-refractivity contribution < 1.29 is 9.47 Å². The molecule has 2 atom stereocenters. The maximum Gasteiger partial charge on any atom is 0.161 e. The summed E-state index contributed by atoms with van der Waals surface area (Å²) in [5.41, 5.74) is 1.28. The Hall–Kier alpha value is -0.870. The second-order valence-corrected chi connectivity index (χ2v) is 7.07. The van der Waals surface area contributed by atoms with Crippen molar-refractivity contribution in [1.82, 2.24) is 5.32 Å². The van der Waals surface area contributed by atoms with E-state index in [0.29, 0.717) is 6.04 Å². The Morgan fingerprint density at radius 3 is 2.86 bits per heavy atom. The van der Waals surface area contributed by atoms with Crippen LogP contribution >= 0.6 is 11.8 Å². The van der Waals surface area contributed by atoms with Crippen LogP contribution in [-0.2, 0) is 6.54 Å². The number of ether oxygens (including phenoxy) is 2. The lowest BCUT2D eigenvalue weighted by Crippen LogP contribution is -2.34. The average Bonchev–Trinajstić information content (AvgIpc) is 2.78. The Morgan fingerprint density at radius 1 is 1.14 bits per heavy atom. The number of fused-ring (bicyclic) bond motifs is 1. The smallest absolute Gasteiger partial charge is 0.161 e. The highest BCUT2D eigenvalue weighted by molar-refractivity contribution is 7.99. The molecule has 1 heterocycles. The van der Waals surface area contributed by atoms with Gasteiger partial charge in [-0.15, -0.1) is 0 Å². The van der Waals surface area contributed by atoms with Crippen LogP contribution in [0.25, 0.3) is 0 Å². The number of nitrogens with one attached hydrogen (secondary N) is 1. The monoisotopic (exact) mass is 307 g/mol. The summed E-state index contributed by atoms with van der Waals surface area (Å²) in [4.78, 5) is 0. The molecule has 0 radical (unpaired) electrons. The standard InChI is InChI=1S/C17H25NO2S/c1-21-15-5-2-4-14(11-15)18-12-13-6-7-16-17(10-13)20-9-3-8-19-16/h6-7,10,14-15,18H,2-5,8-9,11-12H2,1H3. The first-order valence-electron chi connectivity index (χ1n) is 8.00. The number of rotatable bonds is 4. The molecule has 21 heavy (non-hydrogen) atoms. The largest absolute Gasteiger partial charge is 0.490 e. The summed E-state index contributed by atoms with van der Waals surface area (Å²) in [6, 6.07) is 6.98. The van der Waals surface area contributed by atoms with E-state index in [2.05, 4.69) is 23.7 Å². The second kappa shape index (κ2) is 7.41. The zero-order valence-corrected chi connectivity index (χ0v) is 13.6. The molecule has 1 aromatic rings. The molecule has 0 amide bonds. The van der Waals surface area contributed by atoms with Crippen LogP contribution in [0.15, 0.2) is 18.2 Å². The third-order valence-electron chi connectivity index (χ3n) is 4.37. The molecule has 3 nitrogen and oxygen atoms in total. The average molecular weight is 307 g/mol. The molecule has 1 saturated carbocycles. The summed E-state index contributed by atoms with van der Waals surface area (Å²) in [5.74, 6) is 1.79. The molecule has 4 heteroatoms. The van der Waals surface area contributed by atoms with Crippen LogP contribution in [-0.4, -0.2) is 30.8 Å². The van der Waals surface area contributed by atoms with Gasteiger partial charge in [-0.25, -0.2) is 0 Å². The molecule has 116 valence electrons. The normalized spacial score (nSPS) is 25.4. The van der Waals surface area contributed by atoms with Gasteiger partial charge in [0.2, 0.25) is 0 Å².